The van der Waals surface area contributed by atoms with E-state index in [-0.39, 0.29) is 41.0 Å². The average Bonchev–Trinajstić information content (AvgIpc) is 2.13. The third kappa shape index (κ3) is 4.02. The molecular weight excluding hydrogens is 235 g/mol. The van der Waals surface area contributed by atoms with E-state index in [0.29, 0.717) is 11.1 Å². The zero-order chi connectivity index (χ0) is 14.3. The predicted octanol–water partition coefficient (Wildman–Crippen LogP) is -0.645. The number of carbonyl (C=O) groups excluding carboxylic acids is 1. The third-order valence-corrected chi connectivity index (χ3v) is 2.96. The smallest absolute Gasteiger partial charge is 0.545 e. The van der Waals surface area contributed by atoms with Gasteiger partial charge < -0.3 is 15.0 Å². The molecule has 0 aliphatic rings. The molecule has 0 heterocycles. The summed E-state index contributed by atoms with van der Waals surface area (Å²) in [5.41, 5.74) is 0.733. The molecule has 0 spiro atoms. The average molecular weight is 256 g/mol. The first-order valence-corrected chi connectivity index (χ1v) is 6.04. The maximum atomic E-state index is 11.1. The van der Waals surface area contributed by atoms with E-state index in [1.54, 1.807) is 0 Å². The van der Waals surface area contributed by atoms with Crippen molar-refractivity contribution in [3.63, 3.8) is 0 Å². The molecule has 1 aromatic rings. The van der Waals surface area contributed by atoms with Crippen molar-refractivity contribution in [2.75, 3.05) is 0 Å². The second kappa shape index (κ2) is 5.61. The summed E-state index contributed by atoms with van der Waals surface area (Å²) < 4.78 is 0. The molecule has 0 aliphatic carbocycles. The Morgan fingerprint density at radius 1 is 1.00 bits per heavy atom. The third-order valence-electron chi connectivity index (χ3n) is 2.96. The molecule has 0 aliphatic heterocycles. The van der Waals surface area contributed by atoms with Crippen LogP contribution in [-0.4, -0.2) is 11.1 Å². The van der Waals surface area contributed by atoms with E-state index in [0.717, 1.165) is 0 Å². The first-order chi connectivity index (χ1) is 7.94. The number of hydrogen-bond donors (Lipinski definition) is 1. The van der Waals surface area contributed by atoms with E-state index in [9.17, 15) is 15.0 Å². The Labute approximate surface area is 127 Å². The van der Waals surface area contributed by atoms with Crippen molar-refractivity contribution in [3.05, 3.63) is 28.8 Å². The Balaban J connectivity index is 0.00000324. The number of carboxylic acid groups (broad SMARTS) is 1. The maximum absolute atomic E-state index is 11.1. The van der Waals surface area contributed by atoms with Gasteiger partial charge >= 0.3 is 18.9 Å². The van der Waals surface area contributed by atoms with Crippen molar-refractivity contribution >= 4 is 5.97 Å². The number of aromatic carboxylic acids is 1. The first-order valence-electron chi connectivity index (χ1n) is 6.04. The maximum Gasteiger partial charge on any atom is 1.00 e. The van der Waals surface area contributed by atoms with E-state index < -0.39 is 5.97 Å². The van der Waals surface area contributed by atoms with Crippen LogP contribution in [0.2, 0.25) is 0 Å². The molecule has 0 bridgehead atoms. The van der Waals surface area contributed by atoms with Gasteiger partial charge in [0, 0.05) is 11.1 Å². The number of carboxylic acids is 1. The summed E-state index contributed by atoms with van der Waals surface area (Å²) in [4.78, 5) is 11.1. The number of aromatic hydroxyl groups is 1. The normalized spacial score (nSPS) is 11.9. The van der Waals surface area contributed by atoms with Gasteiger partial charge in [-0.25, -0.2) is 0 Å². The summed E-state index contributed by atoms with van der Waals surface area (Å²) in [6, 6.07) is 3.00. The Bertz CT molecular complexity index is 444. The Hall–Kier alpha value is -0.913. The molecular formula is C15H21LiO3. The van der Waals surface area contributed by atoms with Crippen molar-refractivity contribution in [2.24, 2.45) is 0 Å². The van der Waals surface area contributed by atoms with Gasteiger partial charge in [0.25, 0.3) is 0 Å². The molecule has 0 radical (unpaired) electrons. The van der Waals surface area contributed by atoms with Crippen LogP contribution in [0, 0.1) is 0 Å². The van der Waals surface area contributed by atoms with Crippen molar-refractivity contribution in [1.29, 1.82) is 0 Å². The van der Waals surface area contributed by atoms with Gasteiger partial charge in [-0.05, 0) is 28.5 Å². The topological polar surface area (TPSA) is 60.4 Å². The molecule has 3 nitrogen and oxygen atoms in total. The summed E-state index contributed by atoms with van der Waals surface area (Å²) >= 11 is 0. The molecule has 1 aromatic carbocycles. The standard InChI is InChI=1S/C15H22O3.Li/c1-14(2,3)10-7-9(13(17)18)8-11(12(10)16)15(4,5)6;/h7-8,16H,1-6H3,(H,17,18);/q;+1/p-1. The molecule has 0 aromatic heterocycles. The van der Waals surface area contributed by atoms with Crippen molar-refractivity contribution in [2.45, 2.75) is 52.4 Å². The molecule has 1 rings (SSSR count). The minimum Gasteiger partial charge on any atom is -0.545 e. The van der Waals surface area contributed by atoms with Gasteiger partial charge in [0.2, 0.25) is 0 Å². The van der Waals surface area contributed by atoms with Gasteiger partial charge in [-0.3, -0.25) is 0 Å². The van der Waals surface area contributed by atoms with Crippen LogP contribution in [-0.2, 0) is 10.8 Å². The molecule has 4 heteroatoms. The number of rotatable bonds is 1. The first kappa shape index (κ1) is 18.1. The number of carbonyl (C=O) groups is 1. The summed E-state index contributed by atoms with van der Waals surface area (Å²) in [5.74, 6) is -1.04. The van der Waals surface area contributed by atoms with Crippen LogP contribution < -0.4 is 24.0 Å². The van der Waals surface area contributed by atoms with Gasteiger partial charge in [0.05, 0.1) is 5.97 Å². The zero-order valence-electron chi connectivity index (χ0n) is 12.9. The fourth-order valence-corrected chi connectivity index (χ4v) is 1.90. The van der Waals surface area contributed by atoms with Crippen LogP contribution in [0.5, 0.6) is 5.75 Å². The number of hydrogen-bond acceptors (Lipinski definition) is 3. The molecule has 0 unspecified atom stereocenters. The molecule has 0 atom stereocenters. The second-order valence-corrected chi connectivity index (χ2v) is 6.71. The summed E-state index contributed by atoms with van der Waals surface area (Å²) in [6.07, 6.45) is 0. The number of phenolic OH excluding ortho intramolecular Hbond substituents is 1. The zero-order valence-corrected chi connectivity index (χ0v) is 12.9. The largest absolute Gasteiger partial charge is 1.00 e. The molecule has 19 heavy (non-hydrogen) atoms. The van der Waals surface area contributed by atoms with Crippen molar-refractivity contribution < 1.29 is 33.9 Å². The molecule has 100 valence electrons. The van der Waals surface area contributed by atoms with Crippen molar-refractivity contribution in [3.8, 4) is 5.75 Å². The van der Waals surface area contributed by atoms with Crippen LogP contribution in [0.3, 0.4) is 0 Å². The van der Waals surface area contributed by atoms with E-state index >= 15 is 0 Å². The predicted molar refractivity (Wildman–Crippen MR) is 69.8 cm³/mol. The molecule has 1 N–H and O–H groups in total. The summed E-state index contributed by atoms with van der Waals surface area (Å²) in [7, 11) is 0. The molecule has 0 saturated heterocycles. The molecule has 0 amide bonds. The fraction of sp³-hybridized carbons (Fsp3) is 0.533. The van der Waals surface area contributed by atoms with Crippen LogP contribution in [0.25, 0.3) is 0 Å². The van der Waals surface area contributed by atoms with Crippen molar-refractivity contribution in [1.82, 2.24) is 0 Å². The minimum absolute atomic E-state index is 0. The number of benzene rings is 1. The van der Waals surface area contributed by atoms with Gasteiger partial charge in [-0.2, -0.15) is 0 Å². The second-order valence-electron chi connectivity index (χ2n) is 6.71. The van der Waals surface area contributed by atoms with Gasteiger partial charge in [0.15, 0.2) is 0 Å². The van der Waals surface area contributed by atoms with E-state index in [2.05, 4.69) is 0 Å². The Morgan fingerprint density at radius 3 is 1.53 bits per heavy atom. The van der Waals surface area contributed by atoms with E-state index in [1.807, 2.05) is 41.5 Å². The fourth-order valence-electron chi connectivity index (χ4n) is 1.90. The van der Waals surface area contributed by atoms with Crippen LogP contribution in [0.4, 0.5) is 0 Å². The number of phenols is 1. The van der Waals surface area contributed by atoms with Crippen LogP contribution >= 0.6 is 0 Å². The van der Waals surface area contributed by atoms with E-state index in [4.69, 9.17) is 0 Å². The SMILES string of the molecule is CC(C)(C)c1cc(C(=O)[O-])cc(C(C)(C)C)c1O.[Li+]. The Morgan fingerprint density at radius 2 is 1.32 bits per heavy atom. The summed E-state index contributed by atoms with van der Waals surface area (Å²) in [5, 5.41) is 21.4. The van der Waals surface area contributed by atoms with Gasteiger partial charge in [-0.1, -0.05) is 41.5 Å². The molecule has 0 saturated carbocycles. The summed E-state index contributed by atoms with van der Waals surface area (Å²) in [6.45, 7) is 11.6. The molecule has 0 fully saturated rings. The quantitative estimate of drug-likeness (QED) is 0.680. The van der Waals surface area contributed by atoms with Crippen LogP contribution in [0.1, 0.15) is 63.0 Å². The van der Waals surface area contributed by atoms with Gasteiger partial charge in [-0.15, -0.1) is 0 Å². The monoisotopic (exact) mass is 256 g/mol. The van der Waals surface area contributed by atoms with Crippen LogP contribution in [0.15, 0.2) is 12.1 Å². The van der Waals surface area contributed by atoms with E-state index in [1.165, 1.54) is 12.1 Å². The Kier molecular flexibility index (Phi) is 5.34. The minimum atomic E-state index is -1.22. The van der Waals surface area contributed by atoms with Gasteiger partial charge in [0.1, 0.15) is 5.75 Å².